The molecule has 1 heterocycles. The Kier molecular flexibility index (Phi) is 7.89. The largest absolute Gasteiger partial charge is 0.497 e. The van der Waals surface area contributed by atoms with Crippen molar-refractivity contribution in [2.75, 3.05) is 13.7 Å². The lowest BCUT2D eigenvalue weighted by Crippen LogP contribution is -2.32. The van der Waals surface area contributed by atoms with Crippen molar-refractivity contribution in [2.24, 2.45) is 0 Å². The van der Waals surface area contributed by atoms with Gasteiger partial charge in [-0.15, -0.1) is 0 Å². The fourth-order valence-corrected chi connectivity index (χ4v) is 3.73. The highest BCUT2D eigenvalue weighted by molar-refractivity contribution is 5.94. The molecule has 0 aliphatic heterocycles. The Labute approximate surface area is 179 Å². The minimum Gasteiger partial charge on any atom is -0.497 e. The molecule has 5 heteroatoms. The molecule has 0 saturated carbocycles. The number of aryl methyl sites for hydroxylation is 1. The van der Waals surface area contributed by atoms with Crippen molar-refractivity contribution in [3.05, 3.63) is 59.9 Å². The Bertz CT molecular complexity index is 964. The first-order valence-corrected chi connectivity index (χ1v) is 11.0. The van der Waals surface area contributed by atoms with Crippen LogP contribution in [-0.4, -0.2) is 34.0 Å². The molecular weight excluding hydrogens is 374 g/mol. The highest BCUT2D eigenvalue weighted by Gasteiger charge is 2.20. The Balaban J connectivity index is 1.91. The molecule has 2 aromatic carbocycles. The van der Waals surface area contributed by atoms with Crippen LogP contribution in [0.1, 0.15) is 62.1 Å². The van der Waals surface area contributed by atoms with Gasteiger partial charge in [0, 0.05) is 18.7 Å². The van der Waals surface area contributed by atoms with E-state index in [2.05, 4.69) is 30.5 Å². The van der Waals surface area contributed by atoms with Crippen molar-refractivity contribution in [3.63, 3.8) is 0 Å². The summed E-state index contributed by atoms with van der Waals surface area (Å²) in [5.41, 5.74) is 2.79. The van der Waals surface area contributed by atoms with Crippen LogP contribution in [0.3, 0.4) is 0 Å². The first kappa shape index (κ1) is 21.9. The lowest BCUT2D eigenvalue weighted by Gasteiger charge is -2.23. The number of amides is 1. The SMILES string of the molecule is CCCCCN(Cc1nc2ccccc2n1CCCC)C(=O)c1cccc(OC)c1. The number of nitrogens with zero attached hydrogens (tertiary/aromatic N) is 3. The van der Waals surface area contributed by atoms with Crippen LogP contribution in [0.25, 0.3) is 11.0 Å². The number of hydrogen-bond acceptors (Lipinski definition) is 3. The predicted octanol–water partition coefficient (Wildman–Crippen LogP) is 5.68. The summed E-state index contributed by atoms with van der Waals surface area (Å²) in [4.78, 5) is 20.2. The molecule has 5 nitrogen and oxygen atoms in total. The Morgan fingerprint density at radius 3 is 2.60 bits per heavy atom. The normalized spacial score (nSPS) is 11.0. The molecule has 0 saturated heterocycles. The summed E-state index contributed by atoms with van der Waals surface area (Å²) in [6.07, 6.45) is 5.42. The summed E-state index contributed by atoms with van der Waals surface area (Å²) in [6.45, 7) is 6.53. The maximum absolute atomic E-state index is 13.4. The number of carbonyl (C=O) groups is 1. The van der Waals surface area contributed by atoms with Crippen LogP contribution in [0, 0.1) is 0 Å². The molecule has 3 rings (SSSR count). The molecule has 0 radical (unpaired) electrons. The zero-order valence-corrected chi connectivity index (χ0v) is 18.4. The molecule has 0 atom stereocenters. The van der Waals surface area contributed by atoms with Gasteiger partial charge in [-0.25, -0.2) is 4.98 Å². The Morgan fingerprint density at radius 2 is 1.83 bits per heavy atom. The zero-order chi connectivity index (χ0) is 21.3. The number of fused-ring (bicyclic) bond motifs is 1. The summed E-state index contributed by atoms with van der Waals surface area (Å²) in [5.74, 6) is 1.68. The van der Waals surface area contributed by atoms with Crippen molar-refractivity contribution in [1.82, 2.24) is 14.5 Å². The summed E-state index contributed by atoms with van der Waals surface area (Å²) < 4.78 is 7.60. The van der Waals surface area contributed by atoms with Crippen LogP contribution >= 0.6 is 0 Å². The van der Waals surface area contributed by atoms with E-state index in [0.717, 1.165) is 62.1 Å². The number of para-hydroxylation sites is 2. The van der Waals surface area contributed by atoms with E-state index in [-0.39, 0.29) is 5.91 Å². The molecule has 30 heavy (non-hydrogen) atoms. The second kappa shape index (κ2) is 10.8. The summed E-state index contributed by atoms with van der Waals surface area (Å²) >= 11 is 0. The topological polar surface area (TPSA) is 47.4 Å². The van der Waals surface area contributed by atoms with Gasteiger partial charge in [0.1, 0.15) is 11.6 Å². The number of methoxy groups -OCH3 is 1. The summed E-state index contributed by atoms with van der Waals surface area (Å²) in [5, 5.41) is 0. The smallest absolute Gasteiger partial charge is 0.254 e. The van der Waals surface area contributed by atoms with Gasteiger partial charge in [-0.3, -0.25) is 4.79 Å². The highest BCUT2D eigenvalue weighted by atomic mass is 16.5. The van der Waals surface area contributed by atoms with Crippen LogP contribution in [0.4, 0.5) is 0 Å². The van der Waals surface area contributed by atoms with Gasteiger partial charge in [0.05, 0.1) is 24.7 Å². The number of carbonyl (C=O) groups excluding carboxylic acids is 1. The maximum Gasteiger partial charge on any atom is 0.254 e. The van der Waals surface area contributed by atoms with Crippen molar-refractivity contribution >= 4 is 16.9 Å². The average Bonchev–Trinajstić information content (AvgIpc) is 3.13. The summed E-state index contributed by atoms with van der Waals surface area (Å²) in [6, 6.07) is 15.6. The number of aromatic nitrogens is 2. The molecule has 0 spiro atoms. The molecule has 1 aromatic heterocycles. The van der Waals surface area contributed by atoms with E-state index in [0.29, 0.717) is 17.9 Å². The lowest BCUT2D eigenvalue weighted by atomic mass is 10.1. The van der Waals surface area contributed by atoms with Crippen LogP contribution < -0.4 is 4.74 Å². The maximum atomic E-state index is 13.4. The van der Waals surface area contributed by atoms with E-state index >= 15 is 0 Å². The molecule has 0 N–H and O–H groups in total. The average molecular weight is 408 g/mol. The lowest BCUT2D eigenvalue weighted by molar-refractivity contribution is 0.0733. The van der Waals surface area contributed by atoms with E-state index in [1.165, 1.54) is 0 Å². The number of imidazole rings is 1. The van der Waals surface area contributed by atoms with Gasteiger partial charge in [-0.2, -0.15) is 0 Å². The zero-order valence-electron chi connectivity index (χ0n) is 18.4. The third-order valence-electron chi connectivity index (χ3n) is 5.44. The van der Waals surface area contributed by atoms with E-state index in [1.807, 2.05) is 41.3 Å². The van der Waals surface area contributed by atoms with Crippen LogP contribution in [0.15, 0.2) is 48.5 Å². The molecule has 0 aliphatic rings. The number of unbranched alkanes of at least 4 members (excludes halogenated alkanes) is 3. The van der Waals surface area contributed by atoms with Gasteiger partial charge in [0.2, 0.25) is 0 Å². The second-order valence-electron chi connectivity index (χ2n) is 7.69. The number of hydrogen-bond donors (Lipinski definition) is 0. The van der Waals surface area contributed by atoms with E-state index < -0.39 is 0 Å². The van der Waals surface area contributed by atoms with Crippen molar-refractivity contribution in [1.29, 1.82) is 0 Å². The molecule has 0 unspecified atom stereocenters. The minimum atomic E-state index is 0.0269. The van der Waals surface area contributed by atoms with Crippen LogP contribution in [0.2, 0.25) is 0 Å². The first-order valence-electron chi connectivity index (χ1n) is 11.0. The molecule has 1 amide bonds. The van der Waals surface area contributed by atoms with Crippen molar-refractivity contribution < 1.29 is 9.53 Å². The van der Waals surface area contributed by atoms with Gasteiger partial charge >= 0.3 is 0 Å². The quantitative estimate of drug-likeness (QED) is 0.384. The number of ether oxygens (including phenoxy) is 1. The Morgan fingerprint density at radius 1 is 1.03 bits per heavy atom. The first-order chi connectivity index (χ1) is 14.7. The fourth-order valence-electron chi connectivity index (χ4n) is 3.73. The predicted molar refractivity (Wildman–Crippen MR) is 122 cm³/mol. The standard InChI is InChI=1S/C25H33N3O2/c1-4-6-10-16-27(25(29)20-12-11-13-21(18-20)30-3)19-24-26-22-14-8-9-15-23(22)28(24)17-7-5-2/h8-9,11-15,18H,4-7,10,16-17,19H2,1-3H3. The molecule has 160 valence electrons. The van der Waals surface area contributed by atoms with Gasteiger partial charge in [0.25, 0.3) is 5.91 Å². The monoisotopic (exact) mass is 407 g/mol. The highest BCUT2D eigenvalue weighted by Crippen LogP contribution is 2.21. The van der Waals surface area contributed by atoms with Gasteiger partial charge in [0.15, 0.2) is 0 Å². The molecule has 0 aliphatic carbocycles. The second-order valence-corrected chi connectivity index (χ2v) is 7.69. The number of rotatable bonds is 11. The van der Waals surface area contributed by atoms with E-state index in [4.69, 9.17) is 9.72 Å². The van der Waals surface area contributed by atoms with Gasteiger partial charge < -0.3 is 14.2 Å². The van der Waals surface area contributed by atoms with Crippen LogP contribution in [-0.2, 0) is 13.1 Å². The fraction of sp³-hybridized carbons (Fsp3) is 0.440. The Hall–Kier alpha value is -2.82. The molecular formula is C25H33N3O2. The van der Waals surface area contributed by atoms with Crippen molar-refractivity contribution in [3.8, 4) is 5.75 Å². The molecule has 0 fully saturated rings. The van der Waals surface area contributed by atoms with Crippen molar-refractivity contribution in [2.45, 2.75) is 59.0 Å². The van der Waals surface area contributed by atoms with E-state index in [9.17, 15) is 4.79 Å². The van der Waals surface area contributed by atoms with Gasteiger partial charge in [-0.1, -0.05) is 51.3 Å². The van der Waals surface area contributed by atoms with Crippen LogP contribution in [0.5, 0.6) is 5.75 Å². The van der Waals surface area contributed by atoms with E-state index in [1.54, 1.807) is 7.11 Å². The summed E-state index contributed by atoms with van der Waals surface area (Å²) in [7, 11) is 1.62. The minimum absolute atomic E-state index is 0.0269. The molecule has 0 bridgehead atoms. The third-order valence-corrected chi connectivity index (χ3v) is 5.44. The molecule has 3 aromatic rings. The third kappa shape index (κ3) is 5.21. The van der Waals surface area contributed by atoms with Gasteiger partial charge in [-0.05, 0) is 43.2 Å². The number of benzene rings is 2.